The van der Waals surface area contributed by atoms with E-state index in [0.717, 1.165) is 19.3 Å². The van der Waals surface area contributed by atoms with Gasteiger partial charge in [-0.2, -0.15) is 0 Å². The molecule has 0 saturated heterocycles. The molecule has 1 amide bonds. The Bertz CT molecular complexity index is 387. The number of halogens is 1. The fraction of sp³-hybridized carbons (Fsp3) is 0.562. The molecule has 2 rings (SSSR count). The molecule has 0 heterocycles. The Morgan fingerprint density at radius 3 is 2.53 bits per heavy atom. The zero-order valence-corrected chi connectivity index (χ0v) is 12.1. The second kappa shape index (κ2) is 7.54. The molecule has 104 valence electrons. The summed E-state index contributed by atoms with van der Waals surface area (Å²) >= 11 is 5.84. The van der Waals surface area contributed by atoms with Crippen molar-refractivity contribution in [3.63, 3.8) is 0 Å². The number of hydrogen-bond acceptors (Lipinski definition) is 1. The summed E-state index contributed by atoms with van der Waals surface area (Å²) in [4.78, 5) is 14.4. The number of hydrogen-bond donors (Lipinski definition) is 0. The molecule has 1 aliphatic rings. The summed E-state index contributed by atoms with van der Waals surface area (Å²) < 4.78 is 0. The lowest BCUT2D eigenvalue weighted by molar-refractivity contribution is -0.133. The van der Waals surface area contributed by atoms with Gasteiger partial charge >= 0.3 is 0 Å². The Labute approximate surface area is 120 Å². The molecule has 1 fully saturated rings. The lowest BCUT2D eigenvalue weighted by atomic mass is 10.1. The molecule has 1 saturated carbocycles. The number of alkyl halides is 1. The first kappa shape index (κ1) is 14.4. The summed E-state index contributed by atoms with van der Waals surface area (Å²) in [5.74, 6) is 0.796. The lowest BCUT2D eigenvalue weighted by Gasteiger charge is -2.28. The van der Waals surface area contributed by atoms with E-state index in [1.807, 2.05) is 23.1 Å². The highest BCUT2D eigenvalue weighted by atomic mass is 35.5. The van der Waals surface area contributed by atoms with Crippen molar-refractivity contribution in [2.24, 2.45) is 0 Å². The van der Waals surface area contributed by atoms with Crippen LogP contribution in [0.4, 0.5) is 0 Å². The van der Waals surface area contributed by atoms with Gasteiger partial charge in [0.25, 0.3) is 0 Å². The average Bonchev–Trinajstić information content (AvgIpc) is 2.97. The third-order valence-electron chi connectivity index (χ3n) is 3.88. The fourth-order valence-corrected chi connectivity index (χ4v) is 3.04. The number of rotatable bonds is 6. The summed E-state index contributed by atoms with van der Waals surface area (Å²) in [6, 6.07) is 10.6. The number of benzene rings is 1. The van der Waals surface area contributed by atoms with Crippen molar-refractivity contribution < 1.29 is 4.79 Å². The monoisotopic (exact) mass is 279 g/mol. The van der Waals surface area contributed by atoms with Crippen LogP contribution in [0.2, 0.25) is 0 Å². The van der Waals surface area contributed by atoms with E-state index < -0.39 is 0 Å². The average molecular weight is 280 g/mol. The second-order valence-corrected chi connectivity index (χ2v) is 5.58. The molecule has 1 aliphatic carbocycles. The van der Waals surface area contributed by atoms with Crippen molar-refractivity contribution in [3.05, 3.63) is 35.9 Å². The number of aryl methyl sites for hydroxylation is 1. The molecule has 19 heavy (non-hydrogen) atoms. The molecule has 0 aromatic heterocycles. The highest BCUT2D eigenvalue weighted by Crippen LogP contribution is 2.24. The van der Waals surface area contributed by atoms with Crippen LogP contribution in [-0.2, 0) is 11.2 Å². The number of carbonyl (C=O) groups excluding carboxylic acids is 1. The Morgan fingerprint density at radius 1 is 1.21 bits per heavy atom. The Kier molecular flexibility index (Phi) is 5.71. The number of carbonyl (C=O) groups is 1. The SMILES string of the molecule is O=C(CCc1ccccc1)N(CCCl)C1CCCC1. The maximum Gasteiger partial charge on any atom is 0.223 e. The van der Waals surface area contributed by atoms with E-state index in [-0.39, 0.29) is 5.91 Å². The maximum atomic E-state index is 12.4. The van der Waals surface area contributed by atoms with Gasteiger partial charge in [0.15, 0.2) is 0 Å². The highest BCUT2D eigenvalue weighted by Gasteiger charge is 2.25. The molecule has 2 nitrogen and oxygen atoms in total. The van der Waals surface area contributed by atoms with Crippen molar-refractivity contribution in [1.82, 2.24) is 4.90 Å². The first-order valence-corrected chi connectivity index (χ1v) is 7.74. The topological polar surface area (TPSA) is 20.3 Å². The van der Waals surface area contributed by atoms with Crippen molar-refractivity contribution in [1.29, 1.82) is 0 Å². The van der Waals surface area contributed by atoms with Gasteiger partial charge in [-0.1, -0.05) is 43.2 Å². The Morgan fingerprint density at radius 2 is 1.89 bits per heavy atom. The first-order chi connectivity index (χ1) is 9.31. The van der Waals surface area contributed by atoms with Crippen LogP contribution in [-0.4, -0.2) is 29.3 Å². The third kappa shape index (κ3) is 4.24. The van der Waals surface area contributed by atoms with Crippen LogP contribution in [0.5, 0.6) is 0 Å². The molecular weight excluding hydrogens is 258 g/mol. The molecule has 0 atom stereocenters. The van der Waals surface area contributed by atoms with Gasteiger partial charge in [-0.25, -0.2) is 0 Å². The molecular formula is C16H22ClNO. The fourth-order valence-electron chi connectivity index (χ4n) is 2.86. The van der Waals surface area contributed by atoms with Crippen LogP contribution < -0.4 is 0 Å². The van der Waals surface area contributed by atoms with Gasteiger partial charge in [-0.3, -0.25) is 4.79 Å². The minimum Gasteiger partial charge on any atom is -0.339 e. The Balaban J connectivity index is 1.88. The standard InChI is InChI=1S/C16H22ClNO/c17-12-13-18(15-8-4-5-9-15)16(19)11-10-14-6-2-1-3-7-14/h1-3,6-7,15H,4-5,8-13H2. The van der Waals surface area contributed by atoms with Gasteiger partial charge in [0.05, 0.1) is 0 Å². The van der Waals surface area contributed by atoms with Crippen molar-refractivity contribution in [2.75, 3.05) is 12.4 Å². The normalized spacial score (nSPS) is 15.6. The van der Waals surface area contributed by atoms with Crippen molar-refractivity contribution in [3.8, 4) is 0 Å². The molecule has 1 aromatic rings. The number of amides is 1. The molecule has 0 radical (unpaired) electrons. The lowest BCUT2D eigenvalue weighted by Crippen LogP contribution is -2.40. The van der Waals surface area contributed by atoms with Gasteiger partial charge in [0.2, 0.25) is 5.91 Å². The molecule has 0 N–H and O–H groups in total. The van der Waals surface area contributed by atoms with E-state index in [1.165, 1.54) is 18.4 Å². The van der Waals surface area contributed by atoms with E-state index in [1.54, 1.807) is 0 Å². The predicted molar refractivity (Wildman–Crippen MR) is 79.5 cm³/mol. The largest absolute Gasteiger partial charge is 0.339 e. The summed E-state index contributed by atoms with van der Waals surface area (Å²) in [5, 5.41) is 0. The second-order valence-electron chi connectivity index (χ2n) is 5.20. The summed E-state index contributed by atoms with van der Waals surface area (Å²) in [6.45, 7) is 0.694. The van der Waals surface area contributed by atoms with Gasteiger partial charge in [0, 0.05) is 24.9 Å². The molecule has 0 aliphatic heterocycles. The van der Waals surface area contributed by atoms with Gasteiger partial charge < -0.3 is 4.90 Å². The van der Waals surface area contributed by atoms with E-state index in [4.69, 9.17) is 11.6 Å². The third-order valence-corrected chi connectivity index (χ3v) is 4.05. The first-order valence-electron chi connectivity index (χ1n) is 7.20. The van der Waals surface area contributed by atoms with Gasteiger partial charge in [-0.05, 0) is 24.8 Å². The quantitative estimate of drug-likeness (QED) is 0.728. The van der Waals surface area contributed by atoms with Crippen molar-refractivity contribution in [2.45, 2.75) is 44.6 Å². The van der Waals surface area contributed by atoms with E-state index in [2.05, 4.69) is 12.1 Å². The minimum atomic E-state index is 0.261. The van der Waals surface area contributed by atoms with Crippen LogP contribution in [0.25, 0.3) is 0 Å². The van der Waals surface area contributed by atoms with Crippen LogP contribution in [0, 0.1) is 0 Å². The molecule has 0 unspecified atom stereocenters. The molecule has 0 spiro atoms. The summed E-state index contributed by atoms with van der Waals surface area (Å²) in [7, 11) is 0. The van der Waals surface area contributed by atoms with Crippen LogP contribution in [0.1, 0.15) is 37.7 Å². The molecule has 0 bridgehead atoms. The van der Waals surface area contributed by atoms with Crippen LogP contribution >= 0.6 is 11.6 Å². The number of nitrogens with zero attached hydrogens (tertiary/aromatic N) is 1. The maximum absolute atomic E-state index is 12.4. The van der Waals surface area contributed by atoms with Gasteiger partial charge in [0.1, 0.15) is 0 Å². The van der Waals surface area contributed by atoms with Gasteiger partial charge in [-0.15, -0.1) is 11.6 Å². The van der Waals surface area contributed by atoms with Crippen molar-refractivity contribution >= 4 is 17.5 Å². The van der Waals surface area contributed by atoms with E-state index in [9.17, 15) is 4.79 Å². The highest BCUT2D eigenvalue weighted by molar-refractivity contribution is 6.18. The minimum absolute atomic E-state index is 0.261. The predicted octanol–water partition coefficient (Wildman–Crippen LogP) is 3.63. The summed E-state index contributed by atoms with van der Waals surface area (Å²) in [5.41, 5.74) is 1.23. The smallest absolute Gasteiger partial charge is 0.223 e. The zero-order chi connectivity index (χ0) is 13.5. The Hall–Kier alpha value is -1.02. The summed E-state index contributed by atoms with van der Waals surface area (Å²) in [6.07, 6.45) is 6.20. The molecule has 1 aromatic carbocycles. The zero-order valence-electron chi connectivity index (χ0n) is 11.4. The van der Waals surface area contributed by atoms with Crippen LogP contribution in [0.3, 0.4) is 0 Å². The van der Waals surface area contributed by atoms with Crippen LogP contribution in [0.15, 0.2) is 30.3 Å². The van der Waals surface area contributed by atoms with E-state index in [0.29, 0.717) is 24.9 Å². The van der Waals surface area contributed by atoms with E-state index >= 15 is 0 Å². The molecule has 3 heteroatoms.